The maximum Gasteiger partial charge on any atom is 0.272 e. The van der Waals surface area contributed by atoms with E-state index in [0.29, 0.717) is 18.7 Å². The number of amides is 1. The number of pyridine rings is 1. The summed E-state index contributed by atoms with van der Waals surface area (Å²) >= 11 is 0. The number of aromatic nitrogens is 1. The van der Waals surface area contributed by atoms with Gasteiger partial charge in [-0.15, -0.1) is 0 Å². The number of carbonyl (C=O) groups excluding carboxylic acids is 1. The quantitative estimate of drug-likeness (QED) is 0.836. The lowest BCUT2D eigenvalue weighted by Crippen LogP contribution is -2.38. The average molecular weight is 274 g/mol. The molecule has 1 heterocycles. The van der Waals surface area contributed by atoms with Gasteiger partial charge in [0.05, 0.1) is 6.61 Å². The van der Waals surface area contributed by atoms with Crippen LogP contribution in [0.1, 0.15) is 49.7 Å². The van der Waals surface area contributed by atoms with Crippen LogP contribution < -0.4 is 0 Å². The van der Waals surface area contributed by atoms with Crippen LogP contribution in [0.3, 0.4) is 0 Å². The molecule has 0 aliphatic carbocycles. The van der Waals surface area contributed by atoms with E-state index in [9.17, 15) is 4.79 Å². The molecule has 0 aromatic carbocycles. The monoisotopic (exact) mass is 274 g/mol. The van der Waals surface area contributed by atoms with Crippen LogP contribution in [-0.4, -0.2) is 40.1 Å². The van der Waals surface area contributed by atoms with Gasteiger partial charge in [-0.1, -0.05) is 18.8 Å². The largest absolute Gasteiger partial charge is 0.395 e. The van der Waals surface area contributed by atoms with E-state index in [0.717, 1.165) is 12.0 Å². The summed E-state index contributed by atoms with van der Waals surface area (Å²) in [7, 11) is 0. The summed E-state index contributed by atoms with van der Waals surface area (Å²) in [5.41, 5.74) is 1.20. The van der Waals surface area contributed by atoms with Crippen molar-refractivity contribution in [2.45, 2.75) is 39.7 Å². The number of rotatable bonds is 5. The number of carbonyl (C=O) groups is 1. The Labute approximate surface area is 120 Å². The van der Waals surface area contributed by atoms with Gasteiger partial charge in [0.1, 0.15) is 5.69 Å². The van der Waals surface area contributed by atoms with Crippen LogP contribution in [0.4, 0.5) is 0 Å². The fourth-order valence-electron chi connectivity index (χ4n) is 1.84. The zero-order valence-corrected chi connectivity index (χ0v) is 12.4. The minimum atomic E-state index is -0.0447. The van der Waals surface area contributed by atoms with Crippen molar-refractivity contribution < 1.29 is 9.90 Å². The Balaban J connectivity index is 2.82. The summed E-state index contributed by atoms with van der Waals surface area (Å²) in [6.45, 7) is 6.80. The molecule has 0 saturated carbocycles. The Bertz CT molecular complexity index is 485. The Kier molecular flexibility index (Phi) is 6.75. The lowest BCUT2D eigenvalue weighted by molar-refractivity contribution is 0.0694. The molecule has 1 amide bonds. The molecule has 108 valence electrons. The molecule has 0 radical (unpaired) electrons. The van der Waals surface area contributed by atoms with Crippen molar-refractivity contribution in [1.82, 2.24) is 9.88 Å². The van der Waals surface area contributed by atoms with Crippen LogP contribution in [0.15, 0.2) is 18.3 Å². The highest BCUT2D eigenvalue weighted by molar-refractivity contribution is 5.92. The third-order valence-electron chi connectivity index (χ3n) is 3.18. The summed E-state index contributed by atoms with van der Waals surface area (Å²) in [6.07, 6.45) is 2.96. The molecule has 0 fully saturated rings. The highest BCUT2D eigenvalue weighted by Crippen LogP contribution is 2.09. The first-order valence-corrected chi connectivity index (χ1v) is 7.00. The first-order chi connectivity index (χ1) is 9.63. The standard InChI is InChI=1S/C16H22N2O2/c1-4-13(3)18(5-2)16(20)15-10-9-14(12-17-15)8-6-7-11-19/h9-10,12-13,19H,4-5,7,11H2,1-3H3. The number of aliphatic hydroxyl groups excluding tert-OH is 1. The van der Waals surface area contributed by atoms with Gasteiger partial charge in [0.15, 0.2) is 0 Å². The molecule has 0 aliphatic rings. The molecule has 1 aromatic heterocycles. The van der Waals surface area contributed by atoms with E-state index in [4.69, 9.17) is 5.11 Å². The molecule has 0 aliphatic heterocycles. The third-order valence-corrected chi connectivity index (χ3v) is 3.18. The van der Waals surface area contributed by atoms with E-state index in [-0.39, 0.29) is 18.6 Å². The zero-order valence-electron chi connectivity index (χ0n) is 12.4. The molecule has 1 atom stereocenters. The highest BCUT2D eigenvalue weighted by Gasteiger charge is 2.19. The summed E-state index contributed by atoms with van der Waals surface area (Å²) in [5, 5.41) is 8.66. The second kappa shape index (κ2) is 8.34. The van der Waals surface area contributed by atoms with Crippen molar-refractivity contribution in [3.63, 3.8) is 0 Å². The van der Waals surface area contributed by atoms with Gasteiger partial charge in [-0.3, -0.25) is 4.79 Å². The van der Waals surface area contributed by atoms with E-state index in [1.165, 1.54) is 0 Å². The minimum Gasteiger partial charge on any atom is -0.395 e. The smallest absolute Gasteiger partial charge is 0.272 e. The van der Waals surface area contributed by atoms with Crippen LogP contribution in [0.25, 0.3) is 0 Å². The van der Waals surface area contributed by atoms with Gasteiger partial charge in [-0.25, -0.2) is 4.98 Å². The summed E-state index contributed by atoms with van der Waals surface area (Å²) in [4.78, 5) is 18.3. The summed E-state index contributed by atoms with van der Waals surface area (Å²) in [5.74, 6) is 5.67. The highest BCUT2D eigenvalue weighted by atomic mass is 16.2. The second-order valence-electron chi connectivity index (χ2n) is 4.56. The topological polar surface area (TPSA) is 53.4 Å². The first-order valence-electron chi connectivity index (χ1n) is 7.00. The van der Waals surface area contributed by atoms with Gasteiger partial charge in [0, 0.05) is 30.8 Å². The van der Waals surface area contributed by atoms with E-state index >= 15 is 0 Å². The SMILES string of the molecule is CCC(C)N(CC)C(=O)c1ccc(C#CCCO)cn1. The maximum atomic E-state index is 12.3. The lowest BCUT2D eigenvalue weighted by Gasteiger charge is -2.26. The Hall–Kier alpha value is -1.86. The van der Waals surface area contributed by atoms with Gasteiger partial charge in [-0.05, 0) is 32.4 Å². The van der Waals surface area contributed by atoms with Crippen LogP contribution in [0, 0.1) is 11.8 Å². The Morgan fingerprint density at radius 3 is 2.70 bits per heavy atom. The molecular formula is C16H22N2O2. The van der Waals surface area contributed by atoms with Crippen molar-refractivity contribution in [3.05, 3.63) is 29.6 Å². The van der Waals surface area contributed by atoms with Crippen molar-refractivity contribution >= 4 is 5.91 Å². The second-order valence-corrected chi connectivity index (χ2v) is 4.56. The minimum absolute atomic E-state index is 0.0447. The Morgan fingerprint density at radius 2 is 2.20 bits per heavy atom. The molecule has 1 aromatic rings. The molecule has 1 rings (SSSR count). The van der Waals surface area contributed by atoms with Crippen LogP contribution in [-0.2, 0) is 0 Å². The fraction of sp³-hybridized carbons (Fsp3) is 0.500. The Morgan fingerprint density at radius 1 is 1.45 bits per heavy atom. The van der Waals surface area contributed by atoms with Gasteiger partial charge >= 0.3 is 0 Å². The predicted molar refractivity (Wildman–Crippen MR) is 79.3 cm³/mol. The predicted octanol–water partition coefficient (Wildman–Crippen LogP) is 2.08. The van der Waals surface area contributed by atoms with Gasteiger partial charge < -0.3 is 10.0 Å². The molecular weight excluding hydrogens is 252 g/mol. The number of nitrogens with zero attached hydrogens (tertiary/aromatic N) is 2. The van der Waals surface area contributed by atoms with Gasteiger partial charge in [-0.2, -0.15) is 0 Å². The van der Waals surface area contributed by atoms with E-state index in [1.807, 2.05) is 18.7 Å². The van der Waals surface area contributed by atoms with Gasteiger partial charge in [0.2, 0.25) is 0 Å². The molecule has 0 saturated heterocycles. The maximum absolute atomic E-state index is 12.3. The molecule has 0 bridgehead atoms. The zero-order chi connectivity index (χ0) is 15.0. The number of hydrogen-bond donors (Lipinski definition) is 1. The van der Waals surface area contributed by atoms with Crippen molar-refractivity contribution in [2.24, 2.45) is 0 Å². The molecule has 0 spiro atoms. The van der Waals surface area contributed by atoms with Crippen LogP contribution in [0.2, 0.25) is 0 Å². The third kappa shape index (κ3) is 4.36. The van der Waals surface area contributed by atoms with Crippen molar-refractivity contribution in [2.75, 3.05) is 13.2 Å². The molecule has 4 nitrogen and oxygen atoms in total. The van der Waals surface area contributed by atoms with E-state index in [2.05, 4.69) is 23.7 Å². The van der Waals surface area contributed by atoms with Crippen molar-refractivity contribution in [1.29, 1.82) is 0 Å². The summed E-state index contributed by atoms with van der Waals surface area (Å²) in [6, 6.07) is 3.70. The molecule has 1 N–H and O–H groups in total. The molecule has 4 heteroatoms. The lowest BCUT2D eigenvalue weighted by atomic mass is 10.2. The normalized spacial score (nSPS) is 11.4. The fourth-order valence-corrected chi connectivity index (χ4v) is 1.84. The number of aliphatic hydroxyl groups is 1. The van der Waals surface area contributed by atoms with Gasteiger partial charge in [0.25, 0.3) is 5.91 Å². The van der Waals surface area contributed by atoms with E-state index in [1.54, 1.807) is 18.3 Å². The molecule has 20 heavy (non-hydrogen) atoms. The van der Waals surface area contributed by atoms with Crippen molar-refractivity contribution in [3.8, 4) is 11.8 Å². The first kappa shape index (κ1) is 16.2. The number of hydrogen-bond acceptors (Lipinski definition) is 3. The van der Waals surface area contributed by atoms with E-state index < -0.39 is 0 Å². The summed E-state index contributed by atoms with van der Waals surface area (Å²) < 4.78 is 0. The molecule has 1 unspecified atom stereocenters. The van der Waals surface area contributed by atoms with Crippen LogP contribution >= 0.6 is 0 Å². The van der Waals surface area contributed by atoms with Crippen LogP contribution in [0.5, 0.6) is 0 Å². The average Bonchev–Trinajstić information content (AvgIpc) is 2.48.